The number of carboxylic acids is 2. The molecule has 1 aromatic carbocycles. The molecule has 2 amide bonds. The number of nitrogens with two attached hydrogens (primary N) is 1. The van der Waals surface area contributed by atoms with E-state index in [0.717, 1.165) is 0 Å². The molecule has 0 heterocycles. The van der Waals surface area contributed by atoms with E-state index in [2.05, 4.69) is 10.6 Å². The zero-order valence-corrected chi connectivity index (χ0v) is 17.2. The number of nitrogens with one attached hydrogen (secondary N) is 2. The predicted molar refractivity (Wildman–Crippen MR) is 106 cm³/mol. The first kappa shape index (κ1) is 24.4. The second-order valence-corrected chi connectivity index (χ2v) is 7.67. The van der Waals surface area contributed by atoms with Crippen LogP contribution in [0, 0.1) is 5.92 Å². The maximum Gasteiger partial charge on any atom is 0.326 e. The Morgan fingerprint density at radius 2 is 1.66 bits per heavy atom. The summed E-state index contributed by atoms with van der Waals surface area (Å²) in [6.45, 7) is 4.83. The van der Waals surface area contributed by atoms with E-state index in [9.17, 15) is 24.3 Å². The van der Waals surface area contributed by atoms with Crippen molar-refractivity contribution in [2.45, 2.75) is 51.2 Å². The number of rotatable bonds is 10. The molecule has 1 aromatic rings. The minimum atomic E-state index is -1.46. The van der Waals surface area contributed by atoms with E-state index in [1.165, 1.54) is 6.92 Å². The van der Waals surface area contributed by atoms with E-state index in [4.69, 9.17) is 22.4 Å². The summed E-state index contributed by atoms with van der Waals surface area (Å²) in [5.74, 6) is -4.29. The lowest BCUT2D eigenvalue weighted by Gasteiger charge is -2.29. The van der Waals surface area contributed by atoms with Gasteiger partial charge in [0.15, 0.2) is 0 Å². The number of carboxylic acid groups (broad SMARTS) is 2. The van der Waals surface area contributed by atoms with Crippen molar-refractivity contribution >= 4 is 35.4 Å². The number of hydrogen-bond donors (Lipinski definition) is 5. The monoisotopic (exact) mass is 427 g/mol. The Bertz CT molecular complexity index is 764. The Balaban J connectivity index is 2.94. The lowest BCUT2D eigenvalue weighted by Crippen LogP contribution is -2.58. The van der Waals surface area contributed by atoms with Gasteiger partial charge in [0.1, 0.15) is 17.6 Å². The van der Waals surface area contributed by atoms with Gasteiger partial charge < -0.3 is 26.6 Å². The normalized spacial score (nSPS) is 15.1. The molecule has 0 fully saturated rings. The summed E-state index contributed by atoms with van der Waals surface area (Å²) in [6.07, 6.45) is -0.706. The Labute approximate surface area is 173 Å². The van der Waals surface area contributed by atoms with E-state index in [1.807, 2.05) is 0 Å². The van der Waals surface area contributed by atoms with Crippen molar-refractivity contribution in [2.75, 3.05) is 0 Å². The summed E-state index contributed by atoms with van der Waals surface area (Å²) in [5.41, 5.74) is 5.18. The summed E-state index contributed by atoms with van der Waals surface area (Å²) < 4.78 is 0. The van der Waals surface area contributed by atoms with Gasteiger partial charge in [-0.2, -0.15) is 0 Å². The van der Waals surface area contributed by atoms with E-state index in [0.29, 0.717) is 10.6 Å². The van der Waals surface area contributed by atoms with Crippen molar-refractivity contribution in [1.29, 1.82) is 0 Å². The minimum absolute atomic E-state index is 0.283. The van der Waals surface area contributed by atoms with Crippen LogP contribution < -0.4 is 16.4 Å². The number of hydrogen-bond acceptors (Lipinski definition) is 5. The third-order valence-electron chi connectivity index (χ3n) is 4.41. The highest BCUT2D eigenvalue weighted by molar-refractivity contribution is 6.30. The standard InChI is InChI=1S/C19H26ClN3O6/c1-10(2)15(16(26)22-13(17(27)28)8-9-14(24)25)23-18(29)19(3,21)11-4-6-12(20)7-5-11/h4-7,10,13,15H,8-9,21H2,1-3H3,(H,22,26)(H,23,29)(H,24,25)(H,27,28)/t13-,15+,19?/m1/s1. The van der Waals surface area contributed by atoms with Crippen molar-refractivity contribution in [3.8, 4) is 0 Å². The second kappa shape index (κ2) is 10.2. The van der Waals surface area contributed by atoms with Gasteiger partial charge in [-0.15, -0.1) is 0 Å². The maximum absolute atomic E-state index is 12.8. The first-order chi connectivity index (χ1) is 13.4. The smallest absolute Gasteiger partial charge is 0.326 e. The summed E-state index contributed by atoms with van der Waals surface area (Å²) in [4.78, 5) is 47.3. The molecule has 0 aliphatic rings. The molecular formula is C19H26ClN3O6. The second-order valence-electron chi connectivity index (χ2n) is 7.24. The number of aliphatic carboxylic acids is 2. The molecule has 0 aromatic heterocycles. The first-order valence-corrected chi connectivity index (χ1v) is 9.35. The van der Waals surface area contributed by atoms with Crippen LogP contribution in [0.3, 0.4) is 0 Å². The van der Waals surface area contributed by atoms with Crippen LogP contribution in [0.15, 0.2) is 24.3 Å². The molecule has 0 saturated heterocycles. The Morgan fingerprint density at radius 3 is 2.10 bits per heavy atom. The average Bonchev–Trinajstić information content (AvgIpc) is 2.62. The molecule has 3 atom stereocenters. The predicted octanol–water partition coefficient (Wildman–Crippen LogP) is 1.09. The van der Waals surface area contributed by atoms with Crippen LogP contribution in [0.2, 0.25) is 5.02 Å². The molecule has 0 radical (unpaired) electrons. The molecule has 0 bridgehead atoms. The van der Waals surface area contributed by atoms with Crippen molar-refractivity contribution in [3.05, 3.63) is 34.9 Å². The van der Waals surface area contributed by atoms with E-state index >= 15 is 0 Å². The Hall–Kier alpha value is -2.65. The molecule has 0 saturated carbocycles. The Morgan fingerprint density at radius 1 is 1.10 bits per heavy atom. The maximum atomic E-state index is 12.8. The molecule has 0 aliphatic heterocycles. The number of halogens is 1. The average molecular weight is 428 g/mol. The molecule has 10 heteroatoms. The third kappa shape index (κ3) is 7.03. The molecule has 0 aliphatic carbocycles. The van der Waals surface area contributed by atoms with E-state index in [1.54, 1.807) is 38.1 Å². The molecule has 160 valence electrons. The highest BCUT2D eigenvalue weighted by atomic mass is 35.5. The largest absolute Gasteiger partial charge is 0.481 e. The summed E-state index contributed by atoms with van der Waals surface area (Å²) >= 11 is 5.85. The summed E-state index contributed by atoms with van der Waals surface area (Å²) in [5, 5.41) is 23.3. The zero-order valence-electron chi connectivity index (χ0n) is 16.4. The van der Waals surface area contributed by atoms with Crippen LogP contribution in [0.4, 0.5) is 0 Å². The van der Waals surface area contributed by atoms with Crippen LogP contribution >= 0.6 is 11.6 Å². The van der Waals surface area contributed by atoms with Crippen molar-refractivity contribution in [1.82, 2.24) is 10.6 Å². The fraction of sp³-hybridized carbons (Fsp3) is 0.474. The van der Waals surface area contributed by atoms with Crippen molar-refractivity contribution in [2.24, 2.45) is 11.7 Å². The fourth-order valence-electron chi connectivity index (χ4n) is 2.54. The van der Waals surface area contributed by atoms with Crippen molar-refractivity contribution in [3.63, 3.8) is 0 Å². The van der Waals surface area contributed by atoms with Gasteiger partial charge in [0.05, 0.1) is 0 Å². The highest BCUT2D eigenvalue weighted by Gasteiger charge is 2.35. The first-order valence-electron chi connectivity index (χ1n) is 8.97. The molecule has 1 rings (SSSR count). The quantitative estimate of drug-likeness (QED) is 0.373. The fourth-order valence-corrected chi connectivity index (χ4v) is 2.67. The number of benzene rings is 1. The SMILES string of the molecule is CC(C)[C@H](NC(=O)C(C)(N)c1ccc(Cl)cc1)C(=O)N[C@H](CCC(=O)O)C(=O)O. The minimum Gasteiger partial charge on any atom is -0.481 e. The van der Waals surface area contributed by atoms with Crippen LogP contribution in [-0.2, 0) is 24.7 Å². The van der Waals surface area contributed by atoms with Gasteiger partial charge in [-0.3, -0.25) is 14.4 Å². The topological polar surface area (TPSA) is 159 Å². The van der Waals surface area contributed by atoms with Gasteiger partial charge in [0.25, 0.3) is 0 Å². The van der Waals surface area contributed by atoms with Gasteiger partial charge >= 0.3 is 11.9 Å². The number of amides is 2. The Kier molecular flexibility index (Phi) is 8.59. The van der Waals surface area contributed by atoms with Crippen LogP contribution in [0.5, 0.6) is 0 Å². The number of carbonyl (C=O) groups excluding carboxylic acids is 2. The van der Waals surface area contributed by atoms with E-state index < -0.39 is 47.8 Å². The summed E-state index contributed by atoms with van der Waals surface area (Å²) in [7, 11) is 0. The van der Waals surface area contributed by atoms with Gasteiger partial charge in [-0.25, -0.2) is 4.79 Å². The molecule has 29 heavy (non-hydrogen) atoms. The highest BCUT2D eigenvalue weighted by Crippen LogP contribution is 2.21. The third-order valence-corrected chi connectivity index (χ3v) is 4.66. The van der Waals surface area contributed by atoms with Gasteiger partial charge in [0.2, 0.25) is 11.8 Å². The zero-order chi connectivity index (χ0) is 22.4. The lowest BCUT2D eigenvalue weighted by atomic mass is 9.91. The van der Waals surface area contributed by atoms with Gasteiger partial charge in [-0.05, 0) is 37.0 Å². The molecular weight excluding hydrogens is 402 g/mol. The van der Waals surface area contributed by atoms with Crippen LogP contribution in [0.25, 0.3) is 0 Å². The molecule has 9 nitrogen and oxygen atoms in total. The molecule has 1 unspecified atom stereocenters. The van der Waals surface area contributed by atoms with E-state index in [-0.39, 0.29) is 12.3 Å². The van der Waals surface area contributed by atoms with Crippen LogP contribution in [-0.4, -0.2) is 46.0 Å². The molecule has 6 N–H and O–H groups in total. The van der Waals surface area contributed by atoms with Gasteiger partial charge in [-0.1, -0.05) is 37.6 Å². The van der Waals surface area contributed by atoms with Crippen molar-refractivity contribution < 1.29 is 29.4 Å². The van der Waals surface area contributed by atoms with Crippen LogP contribution in [0.1, 0.15) is 39.2 Å². The molecule has 0 spiro atoms. The lowest BCUT2D eigenvalue weighted by molar-refractivity contribution is -0.143. The summed E-state index contributed by atoms with van der Waals surface area (Å²) in [6, 6.07) is 3.91. The van der Waals surface area contributed by atoms with Gasteiger partial charge in [0, 0.05) is 11.4 Å². The number of carbonyl (C=O) groups is 4.